The van der Waals surface area contributed by atoms with Crippen LogP contribution in [-0.4, -0.2) is 58.5 Å². The van der Waals surface area contributed by atoms with Gasteiger partial charge < -0.3 is 20.3 Å². The van der Waals surface area contributed by atoms with Gasteiger partial charge in [-0.2, -0.15) is 0 Å². The van der Waals surface area contributed by atoms with Crippen molar-refractivity contribution in [3.8, 4) is 0 Å². The lowest BCUT2D eigenvalue weighted by molar-refractivity contribution is -0.144. The van der Waals surface area contributed by atoms with Gasteiger partial charge in [0.25, 0.3) is 0 Å². The van der Waals surface area contributed by atoms with E-state index in [4.69, 9.17) is 4.74 Å². The zero-order valence-corrected chi connectivity index (χ0v) is 18.1. The van der Waals surface area contributed by atoms with E-state index in [-0.39, 0.29) is 35.8 Å². The molecule has 0 unspecified atom stereocenters. The van der Waals surface area contributed by atoms with E-state index in [0.717, 1.165) is 64.2 Å². The second-order valence-corrected chi connectivity index (χ2v) is 10.5. The molecule has 3 saturated carbocycles. The Morgan fingerprint density at radius 3 is 2.26 bits per heavy atom. The van der Waals surface area contributed by atoms with Crippen molar-refractivity contribution in [2.24, 2.45) is 11.8 Å². The van der Waals surface area contributed by atoms with E-state index in [1.807, 2.05) is 17.1 Å². The molecule has 6 rings (SSSR count). The zero-order valence-electron chi connectivity index (χ0n) is 18.1. The summed E-state index contributed by atoms with van der Waals surface area (Å²) in [5, 5.41) is 6.34. The molecule has 0 radical (unpaired) electrons. The number of nitrogens with one attached hydrogen (secondary N) is 2. The molecule has 2 N–H and O–H groups in total. The molecule has 3 amide bonds. The predicted molar refractivity (Wildman–Crippen MR) is 113 cm³/mol. The monoisotopic (exact) mass is 427 g/mol. The first-order valence-corrected chi connectivity index (χ1v) is 12.4. The molecule has 5 atom stereocenters. The Balaban J connectivity index is 1.33. The fourth-order valence-electron chi connectivity index (χ4n) is 6.83. The second kappa shape index (κ2) is 7.32. The third-order valence-electron chi connectivity index (χ3n) is 8.46. The van der Waals surface area contributed by atoms with Crippen LogP contribution < -0.4 is 10.6 Å². The number of likely N-dealkylation sites (tertiary alicyclic amines) is 1. The van der Waals surface area contributed by atoms with Gasteiger partial charge in [0, 0.05) is 18.1 Å². The van der Waals surface area contributed by atoms with Gasteiger partial charge in [0.1, 0.15) is 11.6 Å². The van der Waals surface area contributed by atoms with Crippen LogP contribution in [0.4, 0.5) is 0 Å². The van der Waals surface area contributed by atoms with Crippen molar-refractivity contribution in [1.82, 2.24) is 15.5 Å². The number of amides is 3. The molecule has 168 valence electrons. The molecular weight excluding hydrogens is 394 g/mol. The van der Waals surface area contributed by atoms with Crippen molar-refractivity contribution in [2.75, 3.05) is 0 Å². The minimum absolute atomic E-state index is 0.0570. The Morgan fingerprint density at radius 2 is 1.55 bits per heavy atom. The van der Waals surface area contributed by atoms with Gasteiger partial charge in [0.15, 0.2) is 0 Å². The Hall–Kier alpha value is -1.89. The average molecular weight is 428 g/mol. The van der Waals surface area contributed by atoms with E-state index in [9.17, 15) is 14.4 Å². The molecule has 0 aromatic heterocycles. The number of hydrogen-bond acceptors (Lipinski definition) is 4. The molecule has 7 heteroatoms. The molecule has 2 bridgehead atoms. The molecule has 6 aliphatic rings. The van der Waals surface area contributed by atoms with E-state index in [1.54, 1.807) is 0 Å². The summed E-state index contributed by atoms with van der Waals surface area (Å²) >= 11 is 0. The van der Waals surface area contributed by atoms with Crippen LogP contribution in [0.3, 0.4) is 0 Å². The highest BCUT2D eigenvalue weighted by atomic mass is 16.5. The number of fused-ring (bicyclic) bond motifs is 1. The van der Waals surface area contributed by atoms with Crippen molar-refractivity contribution in [3.05, 3.63) is 12.2 Å². The van der Waals surface area contributed by atoms with Crippen LogP contribution in [0.25, 0.3) is 0 Å². The summed E-state index contributed by atoms with van der Waals surface area (Å²) in [6.45, 7) is 0. The molecule has 2 saturated heterocycles. The van der Waals surface area contributed by atoms with Crippen molar-refractivity contribution >= 4 is 17.7 Å². The third kappa shape index (κ3) is 3.06. The quantitative estimate of drug-likeness (QED) is 0.655. The van der Waals surface area contributed by atoms with Crippen LogP contribution >= 0.6 is 0 Å². The number of rotatable bonds is 5. The van der Waals surface area contributed by atoms with Crippen LogP contribution in [0, 0.1) is 11.8 Å². The number of hydrogen-bond donors (Lipinski definition) is 2. The highest BCUT2D eigenvalue weighted by Gasteiger charge is 2.73. The van der Waals surface area contributed by atoms with Gasteiger partial charge in [-0.25, -0.2) is 0 Å². The standard InChI is InChI=1S/C24H33N3O4/c28-21(25-15-10-11-15)18-17-12-13-24(31-17)19(18)23(30)27(16-8-4-5-9-16)20(24)22(29)26-14-6-2-1-3-7-14/h12-20H,1-11H2,(H,25,28)(H,26,29)/t17-,18-,19+,20+,24-/m0/s1. The fraction of sp³-hybridized carbons (Fsp3) is 0.792. The SMILES string of the molecule is O=C(NC1CC1)[C@H]1[C@@H]2C=C[C@]3(O2)[C@H]1C(=O)N(C1CCCC1)[C@@H]3C(=O)NC1CCCCC1. The van der Waals surface area contributed by atoms with E-state index in [0.29, 0.717) is 0 Å². The van der Waals surface area contributed by atoms with Crippen molar-refractivity contribution < 1.29 is 19.1 Å². The molecule has 1 spiro atoms. The summed E-state index contributed by atoms with van der Waals surface area (Å²) in [6.07, 6.45) is 14.9. The molecular formula is C24H33N3O4. The van der Waals surface area contributed by atoms with E-state index in [1.165, 1.54) is 6.42 Å². The molecule has 31 heavy (non-hydrogen) atoms. The minimum atomic E-state index is -1.01. The molecule has 0 aromatic carbocycles. The summed E-state index contributed by atoms with van der Waals surface area (Å²) in [5.74, 6) is -1.36. The largest absolute Gasteiger partial charge is 0.359 e. The topological polar surface area (TPSA) is 87.7 Å². The third-order valence-corrected chi connectivity index (χ3v) is 8.46. The van der Waals surface area contributed by atoms with Crippen molar-refractivity contribution in [1.29, 1.82) is 0 Å². The predicted octanol–water partition coefficient (Wildman–Crippen LogP) is 1.81. The first-order chi connectivity index (χ1) is 15.1. The van der Waals surface area contributed by atoms with Crippen molar-refractivity contribution in [2.45, 2.75) is 107 Å². The van der Waals surface area contributed by atoms with Gasteiger partial charge >= 0.3 is 0 Å². The van der Waals surface area contributed by atoms with Gasteiger partial charge in [-0.3, -0.25) is 14.4 Å². The normalized spacial score (nSPS) is 39.9. The van der Waals surface area contributed by atoms with Gasteiger partial charge in [0.2, 0.25) is 17.7 Å². The Bertz CT molecular complexity index is 812. The smallest absolute Gasteiger partial charge is 0.246 e. The van der Waals surface area contributed by atoms with Gasteiger partial charge in [-0.1, -0.05) is 44.3 Å². The van der Waals surface area contributed by atoms with E-state index in [2.05, 4.69) is 10.6 Å². The molecule has 7 nitrogen and oxygen atoms in total. The van der Waals surface area contributed by atoms with Crippen LogP contribution in [0.1, 0.15) is 70.6 Å². The number of carbonyl (C=O) groups excluding carboxylic acids is 3. The Labute approximate surface area is 183 Å². The first kappa shape index (κ1) is 19.8. The zero-order chi connectivity index (χ0) is 21.2. The lowest BCUT2D eigenvalue weighted by Crippen LogP contribution is -2.58. The highest BCUT2D eigenvalue weighted by molar-refractivity contribution is 6.00. The van der Waals surface area contributed by atoms with Gasteiger partial charge in [-0.05, 0) is 38.5 Å². The second-order valence-electron chi connectivity index (χ2n) is 10.5. The number of nitrogens with zero attached hydrogens (tertiary/aromatic N) is 1. The maximum atomic E-state index is 13.8. The lowest BCUT2D eigenvalue weighted by atomic mass is 9.74. The summed E-state index contributed by atoms with van der Waals surface area (Å²) in [5.41, 5.74) is -1.01. The number of carbonyl (C=O) groups is 3. The summed E-state index contributed by atoms with van der Waals surface area (Å²) in [7, 11) is 0. The van der Waals surface area contributed by atoms with E-state index < -0.39 is 29.6 Å². The maximum absolute atomic E-state index is 13.8. The first-order valence-electron chi connectivity index (χ1n) is 12.4. The highest BCUT2D eigenvalue weighted by Crippen LogP contribution is 2.56. The molecule has 5 fully saturated rings. The molecule has 3 aliphatic carbocycles. The van der Waals surface area contributed by atoms with Crippen LogP contribution in [0.15, 0.2) is 12.2 Å². The van der Waals surface area contributed by atoms with Gasteiger partial charge in [-0.15, -0.1) is 0 Å². The molecule has 0 aromatic rings. The lowest BCUT2D eigenvalue weighted by Gasteiger charge is -2.36. The Kier molecular flexibility index (Phi) is 4.67. The van der Waals surface area contributed by atoms with Crippen LogP contribution in [-0.2, 0) is 19.1 Å². The average Bonchev–Trinajstić information content (AvgIpc) is 3.14. The summed E-state index contributed by atoms with van der Waals surface area (Å²) < 4.78 is 6.41. The maximum Gasteiger partial charge on any atom is 0.246 e. The Morgan fingerprint density at radius 1 is 0.903 bits per heavy atom. The van der Waals surface area contributed by atoms with Gasteiger partial charge in [0.05, 0.1) is 17.9 Å². The minimum Gasteiger partial charge on any atom is -0.359 e. The van der Waals surface area contributed by atoms with Crippen LogP contribution in [0.2, 0.25) is 0 Å². The van der Waals surface area contributed by atoms with E-state index >= 15 is 0 Å². The molecule has 3 heterocycles. The summed E-state index contributed by atoms with van der Waals surface area (Å²) in [6, 6.07) is -0.194. The fourth-order valence-corrected chi connectivity index (χ4v) is 6.83. The summed E-state index contributed by atoms with van der Waals surface area (Å²) in [4.78, 5) is 42.5. The number of ether oxygens (including phenoxy) is 1. The molecule has 3 aliphatic heterocycles. The van der Waals surface area contributed by atoms with Crippen molar-refractivity contribution in [3.63, 3.8) is 0 Å². The van der Waals surface area contributed by atoms with Crippen LogP contribution in [0.5, 0.6) is 0 Å².